The van der Waals surface area contributed by atoms with Crippen LogP contribution in [0.15, 0.2) is 0 Å². The van der Waals surface area contributed by atoms with Crippen LogP contribution in [0, 0.1) is 127 Å². The van der Waals surface area contributed by atoms with Crippen LogP contribution in [0.25, 0.3) is 0 Å². The summed E-state index contributed by atoms with van der Waals surface area (Å²) in [6.45, 7) is 33.5. The molecule has 6 heterocycles. The lowest BCUT2D eigenvalue weighted by atomic mass is 9.48. The minimum Gasteiger partial charge on any atom is -0.381 e. The van der Waals surface area contributed by atoms with Gasteiger partial charge in [0.1, 0.15) is 0 Å². The molecular weight excluding hydrogens is 881 g/mol. The van der Waals surface area contributed by atoms with Gasteiger partial charge in [-0.05, 0) is 297 Å². The van der Waals surface area contributed by atoms with Crippen molar-refractivity contribution in [3.05, 3.63) is 0 Å². The first-order valence-electron chi connectivity index (χ1n) is 32.4. The molecule has 6 saturated heterocycles. The van der Waals surface area contributed by atoms with Crippen molar-refractivity contribution in [2.24, 2.45) is 127 Å². The van der Waals surface area contributed by atoms with Gasteiger partial charge in [0.25, 0.3) is 0 Å². The van der Waals surface area contributed by atoms with E-state index in [2.05, 4.69) is 83.1 Å². The first kappa shape index (κ1) is 52.5. The van der Waals surface area contributed by atoms with E-state index in [9.17, 15) is 0 Å². The number of rotatable bonds is 5. The van der Waals surface area contributed by atoms with Gasteiger partial charge in [-0.25, -0.2) is 0 Å². The maximum absolute atomic E-state index is 6.35. The Labute approximate surface area is 444 Å². The summed E-state index contributed by atoms with van der Waals surface area (Å²) < 4.78 is 24.3. The summed E-state index contributed by atoms with van der Waals surface area (Å²) in [6, 6.07) is 0. The number of fused-ring (bicyclic) bond motifs is 17. The van der Waals surface area contributed by atoms with Crippen LogP contribution in [-0.4, -0.2) is 50.3 Å². The third-order valence-corrected chi connectivity index (χ3v) is 29.4. The van der Waals surface area contributed by atoms with Crippen molar-refractivity contribution < 1.29 is 18.9 Å². The zero-order chi connectivity index (χ0) is 50.6. The molecule has 0 spiro atoms. The van der Waals surface area contributed by atoms with Crippen LogP contribution in [0.2, 0.25) is 0 Å². The van der Waals surface area contributed by atoms with Gasteiger partial charge in [0, 0.05) is 17.9 Å². The van der Waals surface area contributed by atoms with E-state index in [0.29, 0.717) is 50.1 Å². The van der Waals surface area contributed by atoms with Gasteiger partial charge in [-0.15, -0.1) is 0 Å². The molecule has 0 radical (unpaired) electrons. The van der Waals surface area contributed by atoms with E-state index in [1.54, 1.807) is 6.42 Å². The number of methoxy groups -OCH3 is 1. The lowest BCUT2D eigenvalue weighted by Gasteiger charge is -2.62. The molecule has 0 N–H and O–H groups in total. The maximum Gasteiger partial charge on any atom is 0.0657 e. The summed E-state index contributed by atoms with van der Waals surface area (Å²) in [5.41, 5.74) is 4.41. The highest BCUT2D eigenvalue weighted by molar-refractivity contribution is 5.16. The second-order valence-electron chi connectivity index (χ2n) is 33.6. The monoisotopic (exact) mass is 995 g/mol. The molecule has 0 aromatic heterocycles. The number of ether oxygens (including phenoxy) is 4. The molecule has 18 unspecified atom stereocenters. The largest absolute Gasteiger partial charge is 0.381 e. The normalized spacial score (nSPS) is 55.5. The molecule has 12 saturated carbocycles. The van der Waals surface area contributed by atoms with Crippen molar-refractivity contribution in [1.82, 2.24) is 0 Å². The fourth-order valence-corrected chi connectivity index (χ4v) is 25.7. The Balaban J connectivity index is 0.0000000982. The third kappa shape index (κ3) is 8.12. The van der Waals surface area contributed by atoms with Gasteiger partial charge in [0.15, 0.2) is 0 Å². The molecule has 0 aromatic carbocycles. The highest BCUT2D eigenvalue weighted by Crippen LogP contribution is 2.73. The summed E-state index contributed by atoms with van der Waals surface area (Å²) in [4.78, 5) is 0. The number of hydrogen-bond acceptors (Lipinski definition) is 4. The topological polar surface area (TPSA) is 36.9 Å². The quantitative estimate of drug-likeness (QED) is 0.275. The summed E-state index contributed by atoms with van der Waals surface area (Å²) in [5.74, 6) is 14.8. The summed E-state index contributed by atoms with van der Waals surface area (Å²) >= 11 is 0. The van der Waals surface area contributed by atoms with Gasteiger partial charge in [-0.2, -0.15) is 0 Å². The summed E-state index contributed by atoms with van der Waals surface area (Å²) in [6.07, 6.45) is 38.5. The van der Waals surface area contributed by atoms with Crippen LogP contribution >= 0.6 is 0 Å². The Kier molecular flexibility index (Phi) is 13.3. The molecule has 18 rings (SSSR count). The average Bonchev–Trinajstić information content (AvgIpc) is 4.23. The molecule has 4 heteroatoms. The first-order valence-corrected chi connectivity index (χ1v) is 32.4. The molecule has 14 bridgehead atoms. The standard InChI is InChI=1S/C18H30O.2C17H28O.C16H28O/c1-12-10-17(4)7-8-18(12,11-19-17)15-13-5-6-14(9-13)16(15,2)3;1-15(2)13-5-4-12(10-13)14(15)17-8-6-16(3,7-9-17)18-11-17;1-11-8-14-6-7-17(11,10-18-14)15-12-4-5-13(9-12)16(15,2)3;1-16(2)13-7-4-12(10-13)15(16)11-5-8-14(17-3)9-6-11/h12-15H,5-11H2,1-4H3;12-14H,4-11H2,1-3H3;11-15H,4-10H2,1-3H3;11-15H,4-10H2,1-3H3. The lowest BCUT2D eigenvalue weighted by molar-refractivity contribution is -0.237. The lowest BCUT2D eigenvalue weighted by Crippen LogP contribution is -2.60. The van der Waals surface area contributed by atoms with Crippen LogP contribution in [-0.2, 0) is 18.9 Å². The van der Waals surface area contributed by atoms with Gasteiger partial charge >= 0.3 is 0 Å². The second-order valence-corrected chi connectivity index (χ2v) is 33.6. The van der Waals surface area contributed by atoms with Crippen molar-refractivity contribution in [1.29, 1.82) is 0 Å². The van der Waals surface area contributed by atoms with E-state index in [-0.39, 0.29) is 11.2 Å². The fraction of sp³-hybridized carbons (Fsp3) is 1.00. The van der Waals surface area contributed by atoms with E-state index >= 15 is 0 Å². The minimum absolute atomic E-state index is 0.211. The molecule has 0 aromatic rings. The molecule has 12 aliphatic carbocycles. The predicted molar refractivity (Wildman–Crippen MR) is 295 cm³/mol. The highest BCUT2D eigenvalue weighted by atomic mass is 16.5. The molecule has 4 nitrogen and oxygen atoms in total. The van der Waals surface area contributed by atoms with Crippen molar-refractivity contribution in [2.75, 3.05) is 26.9 Å². The van der Waals surface area contributed by atoms with Crippen LogP contribution in [0.5, 0.6) is 0 Å². The number of hydrogen-bond donors (Lipinski definition) is 0. The van der Waals surface area contributed by atoms with E-state index in [1.165, 1.54) is 161 Å². The van der Waals surface area contributed by atoms with Gasteiger partial charge in [0.05, 0.1) is 43.2 Å². The zero-order valence-corrected chi connectivity index (χ0v) is 49.5. The molecule has 410 valence electrons. The fourth-order valence-electron chi connectivity index (χ4n) is 25.7. The van der Waals surface area contributed by atoms with Gasteiger partial charge < -0.3 is 18.9 Å². The molecule has 6 aliphatic heterocycles. The smallest absolute Gasteiger partial charge is 0.0657 e. The Morgan fingerprint density at radius 1 is 0.389 bits per heavy atom. The average molecular weight is 996 g/mol. The molecule has 18 aliphatic rings. The molecule has 18 fully saturated rings. The van der Waals surface area contributed by atoms with Crippen molar-refractivity contribution in [3.8, 4) is 0 Å². The Hall–Kier alpha value is -0.160. The summed E-state index contributed by atoms with van der Waals surface area (Å²) in [7, 11) is 1.88. The Morgan fingerprint density at radius 3 is 1.26 bits per heavy atom. The SMILES string of the molecule is CC12CCC(C3C4CCC(C4)C3(C)C)(CC1)CO2.CC1CC2(C)CCC1(C1C3CCC(C3)C1(C)C)CO2.CC1CC2CCC1(C1C3CCC(C3)C1(C)C)CO2.COC1CCC(C2C3CCC(C3)C2(C)C)CC1. The molecule has 18 atom stereocenters. The van der Waals surface area contributed by atoms with E-state index in [4.69, 9.17) is 18.9 Å². The third-order valence-electron chi connectivity index (χ3n) is 29.4. The van der Waals surface area contributed by atoms with Crippen LogP contribution in [0.3, 0.4) is 0 Å². The zero-order valence-electron chi connectivity index (χ0n) is 49.5. The predicted octanol–water partition coefficient (Wildman–Crippen LogP) is 17.6. The highest BCUT2D eigenvalue weighted by Gasteiger charge is 2.67. The van der Waals surface area contributed by atoms with E-state index in [1.807, 2.05) is 7.11 Å². The second kappa shape index (κ2) is 18.2. The maximum atomic E-state index is 6.35. The Morgan fingerprint density at radius 2 is 0.861 bits per heavy atom. The van der Waals surface area contributed by atoms with Crippen LogP contribution < -0.4 is 0 Å². The minimum atomic E-state index is 0.211. The van der Waals surface area contributed by atoms with Crippen molar-refractivity contribution in [2.45, 2.75) is 273 Å². The van der Waals surface area contributed by atoms with Gasteiger partial charge in [0.2, 0.25) is 0 Å². The van der Waals surface area contributed by atoms with Crippen LogP contribution in [0.1, 0.15) is 250 Å². The van der Waals surface area contributed by atoms with Gasteiger partial charge in [-0.1, -0.05) is 69.2 Å². The summed E-state index contributed by atoms with van der Waals surface area (Å²) in [5, 5.41) is 0. The van der Waals surface area contributed by atoms with Crippen molar-refractivity contribution in [3.63, 3.8) is 0 Å². The molecule has 0 amide bonds. The van der Waals surface area contributed by atoms with Crippen LogP contribution in [0.4, 0.5) is 0 Å². The van der Waals surface area contributed by atoms with E-state index < -0.39 is 0 Å². The first-order chi connectivity index (χ1) is 34.0. The van der Waals surface area contributed by atoms with Crippen molar-refractivity contribution >= 4 is 0 Å². The van der Waals surface area contributed by atoms with Gasteiger partial charge in [-0.3, -0.25) is 0 Å². The molecule has 72 heavy (non-hydrogen) atoms. The molecular formula is C68H114O4. The Bertz CT molecular complexity index is 1910. The van der Waals surface area contributed by atoms with E-state index in [0.717, 1.165) is 109 Å².